The molecule has 0 radical (unpaired) electrons. The normalized spacial score (nSPS) is 18.2. The highest BCUT2D eigenvalue weighted by Crippen LogP contribution is 2.40. The van der Waals surface area contributed by atoms with Gasteiger partial charge >= 0.3 is 0 Å². The Labute approximate surface area is 191 Å². The third kappa shape index (κ3) is 3.37. The number of nitrogens with zero attached hydrogens (tertiary/aromatic N) is 2. The zero-order valence-electron chi connectivity index (χ0n) is 18.5. The van der Waals surface area contributed by atoms with Gasteiger partial charge in [-0.25, -0.2) is 0 Å². The summed E-state index contributed by atoms with van der Waals surface area (Å²) < 4.78 is 8.45. The topological polar surface area (TPSA) is 51.5 Å². The van der Waals surface area contributed by atoms with Crippen LogP contribution in [0.1, 0.15) is 52.6 Å². The first-order valence-corrected chi connectivity index (χ1v) is 11.3. The van der Waals surface area contributed by atoms with Crippen LogP contribution in [0.4, 0.5) is 0 Å². The van der Waals surface area contributed by atoms with Crippen molar-refractivity contribution in [1.82, 2.24) is 9.47 Å². The second kappa shape index (κ2) is 8.15. The van der Waals surface area contributed by atoms with Gasteiger partial charge in [-0.15, -0.1) is 0 Å². The molecule has 3 aromatic rings. The van der Waals surface area contributed by atoms with E-state index in [0.717, 1.165) is 50.7 Å². The van der Waals surface area contributed by atoms with Crippen LogP contribution in [0.3, 0.4) is 0 Å². The summed E-state index contributed by atoms with van der Waals surface area (Å²) in [6.45, 7) is 8.33. The quantitative estimate of drug-likeness (QED) is 0.469. The molecule has 5 nitrogen and oxygen atoms in total. The zero-order chi connectivity index (χ0) is 22.4. The molecule has 1 aliphatic heterocycles. The molecular weight excluding hydrogens is 456 g/mol. The van der Waals surface area contributed by atoms with Gasteiger partial charge in [0.25, 0.3) is 5.91 Å². The third-order valence-electron chi connectivity index (χ3n) is 6.51. The number of aryl methyl sites for hydroxylation is 1. The van der Waals surface area contributed by atoms with E-state index < -0.39 is 0 Å². The van der Waals surface area contributed by atoms with Gasteiger partial charge in [0.1, 0.15) is 12.0 Å². The lowest BCUT2D eigenvalue weighted by Gasteiger charge is -2.41. The average molecular weight is 483 g/mol. The average Bonchev–Trinajstić information content (AvgIpc) is 2.99. The van der Waals surface area contributed by atoms with Gasteiger partial charge in [0.15, 0.2) is 0 Å². The highest BCUT2D eigenvalue weighted by molar-refractivity contribution is 9.10. The fraction of sp³-hybridized carbons (Fsp3) is 0.360. The highest BCUT2D eigenvalue weighted by atomic mass is 79.9. The zero-order valence-corrected chi connectivity index (χ0v) is 20.1. The Bertz CT molecular complexity index is 1200. The van der Waals surface area contributed by atoms with Gasteiger partial charge in [-0.3, -0.25) is 4.79 Å². The number of hydrogen-bond donors (Lipinski definition) is 0. The largest absolute Gasteiger partial charge is 0.496 e. The van der Waals surface area contributed by atoms with Crippen molar-refractivity contribution in [2.75, 3.05) is 7.11 Å². The molecule has 2 atom stereocenters. The predicted molar refractivity (Wildman–Crippen MR) is 126 cm³/mol. The van der Waals surface area contributed by atoms with Gasteiger partial charge in [0.05, 0.1) is 30.8 Å². The van der Waals surface area contributed by atoms with Crippen molar-refractivity contribution in [2.45, 2.75) is 52.7 Å². The van der Waals surface area contributed by atoms with E-state index in [0.29, 0.717) is 5.56 Å². The van der Waals surface area contributed by atoms with E-state index in [1.54, 1.807) is 7.11 Å². The fourth-order valence-corrected chi connectivity index (χ4v) is 5.74. The summed E-state index contributed by atoms with van der Waals surface area (Å²) in [6.07, 6.45) is 1.63. The smallest absolute Gasteiger partial charge is 0.257 e. The Morgan fingerprint density at radius 1 is 1.26 bits per heavy atom. The maximum Gasteiger partial charge on any atom is 0.257 e. The number of carbonyl (C=O) groups excluding carboxylic acids is 2. The molecule has 31 heavy (non-hydrogen) atoms. The van der Waals surface area contributed by atoms with Crippen LogP contribution in [0.25, 0.3) is 10.9 Å². The van der Waals surface area contributed by atoms with E-state index in [2.05, 4.69) is 35.8 Å². The van der Waals surface area contributed by atoms with E-state index in [1.165, 1.54) is 5.56 Å². The van der Waals surface area contributed by atoms with E-state index in [9.17, 15) is 9.59 Å². The van der Waals surface area contributed by atoms with Crippen molar-refractivity contribution in [3.63, 3.8) is 0 Å². The molecule has 0 saturated carbocycles. The first-order chi connectivity index (χ1) is 14.8. The summed E-state index contributed by atoms with van der Waals surface area (Å²) in [6, 6.07) is 9.98. The molecule has 2 aromatic carbocycles. The van der Waals surface area contributed by atoms with Gasteiger partial charge < -0.3 is 19.0 Å². The summed E-state index contributed by atoms with van der Waals surface area (Å²) in [4.78, 5) is 27.4. The number of rotatable bonds is 4. The molecule has 0 saturated heterocycles. The molecule has 162 valence electrons. The minimum Gasteiger partial charge on any atom is -0.496 e. The van der Waals surface area contributed by atoms with Gasteiger partial charge in [-0.2, -0.15) is 0 Å². The molecule has 0 bridgehead atoms. The van der Waals surface area contributed by atoms with Crippen LogP contribution < -0.4 is 4.74 Å². The number of aldehydes is 1. The number of benzene rings is 2. The number of aromatic nitrogens is 1. The number of methoxy groups -OCH3 is 1. The summed E-state index contributed by atoms with van der Waals surface area (Å²) >= 11 is 3.58. The van der Waals surface area contributed by atoms with E-state index >= 15 is 0 Å². The number of hydrogen-bond acceptors (Lipinski definition) is 3. The summed E-state index contributed by atoms with van der Waals surface area (Å²) in [5, 5.41) is 0.882. The molecule has 0 fully saturated rings. The van der Waals surface area contributed by atoms with Crippen molar-refractivity contribution in [2.24, 2.45) is 0 Å². The maximum atomic E-state index is 14.0. The molecule has 0 N–H and O–H groups in total. The summed E-state index contributed by atoms with van der Waals surface area (Å²) in [5.74, 6) is 0.875. The van der Waals surface area contributed by atoms with Crippen LogP contribution in [-0.4, -0.2) is 34.8 Å². The number of amides is 1. The molecular formula is C25H27BrN2O3. The minimum absolute atomic E-state index is 0.00174. The second-order valence-corrected chi connectivity index (χ2v) is 9.24. The van der Waals surface area contributed by atoms with Crippen LogP contribution in [0.2, 0.25) is 0 Å². The SMILES string of the molecule is COc1cccc2c1C[C@H](C)N(C(=O)c1c(C)n(CC=O)c3c(C)cc(Br)cc13)C2C. The van der Waals surface area contributed by atoms with Crippen LogP contribution in [-0.2, 0) is 17.8 Å². The monoisotopic (exact) mass is 482 g/mol. The van der Waals surface area contributed by atoms with Crippen LogP contribution in [0.5, 0.6) is 5.75 Å². The Balaban J connectivity index is 1.88. The van der Waals surface area contributed by atoms with E-state index in [-0.39, 0.29) is 24.5 Å². The summed E-state index contributed by atoms with van der Waals surface area (Å²) in [7, 11) is 1.69. The first-order valence-electron chi connectivity index (χ1n) is 10.5. The van der Waals surface area contributed by atoms with Gasteiger partial charge in [-0.1, -0.05) is 28.1 Å². The number of fused-ring (bicyclic) bond motifs is 2. The van der Waals surface area contributed by atoms with Gasteiger partial charge in [0.2, 0.25) is 0 Å². The Kier molecular flexibility index (Phi) is 5.69. The molecule has 2 heterocycles. The van der Waals surface area contributed by atoms with E-state index in [1.807, 2.05) is 47.6 Å². The van der Waals surface area contributed by atoms with Crippen LogP contribution in [0, 0.1) is 13.8 Å². The number of ether oxygens (including phenoxy) is 1. The predicted octanol–water partition coefficient (Wildman–Crippen LogP) is 5.38. The minimum atomic E-state index is -0.0847. The molecule has 4 rings (SSSR count). The Morgan fingerprint density at radius 3 is 2.68 bits per heavy atom. The Hall–Kier alpha value is -2.60. The standard InChI is InChI=1S/C25H27BrN2O3/c1-14-11-18(26)13-21-23(17(4)27(9-10-29)24(14)21)25(30)28-15(2)12-20-19(16(28)3)7-6-8-22(20)31-5/h6-8,10-11,13,15-16H,9,12H2,1-5H3/t15-,16?/m0/s1. The fourth-order valence-electron chi connectivity index (χ4n) is 5.17. The van der Waals surface area contributed by atoms with Crippen molar-refractivity contribution in [3.05, 3.63) is 62.8 Å². The van der Waals surface area contributed by atoms with E-state index in [4.69, 9.17) is 4.74 Å². The van der Waals surface area contributed by atoms with Crippen LogP contribution in [0.15, 0.2) is 34.8 Å². The Morgan fingerprint density at radius 2 is 2.00 bits per heavy atom. The van der Waals surface area contributed by atoms with Gasteiger partial charge in [0, 0.05) is 27.2 Å². The second-order valence-electron chi connectivity index (χ2n) is 8.33. The summed E-state index contributed by atoms with van der Waals surface area (Å²) in [5.41, 5.74) is 5.76. The molecule has 0 spiro atoms. The van der Waals surface area contributed by atoms with Gasteiger partial charge in [-0.05, 0) is 63.4 Å². The maximum absolute atomic E-state index is 14.0. The van der Waals surface area contributed by atoms with Crippen LogP contribution >= 0.6 is 15.9 Å². The molecule has 1 aliphatic rings. The van der Waals surface area contributed by atoms with Crippen molar-refractivity contribution >= 4 is 39.0 Å². The number of halogens is 1. The lowest BCUT2D eigenvalue weighted by Crippen LogP contribution is -2.45. The molecule has 1 unspecified atom stereocenters. The molecule has 1 aromatic heterocycles. The van der Waals surface area contributed by atoms with Crippen molar-refractivity contribution in [1.29, 1.82) is 0 Å². The third-order valence-corrected chi connectivity index (χ3v) is 6.97. The highest BCUT2D eigenvalue weighted by Gasteiger charge is 2.36. The van der Waals surface area contributed by atoms with Crippen molar-refractivity contribution < 1.29 is 14.3 Å². The number of carbonyl (C=O) groups is 2. The lowest BCUT2D eigenvalue weighted by molar-refractivity contribution is -0.108. The molecule has 6 heteroatoms. The first kappa shape index (κ1) is 21.6. The molecule has 1 amide bonds. The lowest BCUT2D eigenvalue weighted by atomic mass is 9.88. The molecule has 0 aliphatic carbocycles. The van der Waals surface area contributed by atoms with Crippen molar-refractivity contribution in [3.8, 4) is 5.75 Å².